The molecule has 0 aromatic heterocycles. The zero-order chi connectivity index (χ0) is 16.2. The number of amides is 1. The summed E-state index contributed by atoms with van der Waals surface area (Å²) < 4.78 is 5.24. The molecular weight excluding hydrogens is 335 g/mol. The number of benzene rings is 1. The molecule has 1 N–H and O–H groups in total. The van der Waals surface area contributed by atoms with E-state index < -0.39 is 6.09 Å². The average Bonchev–Trinajstić information content (AvgIpc) is 2.51. The zero-order valence-electron chi connectivity index (χ0n) is 14.0. The fraction of sp³-hybridized carbons (Fsp3) is 0.588. The first-order chi connectivity index (χ1) is 10.7. The van der Waals surface area contributed by atoms with Crippen LogP contribution in [0.1, 0.15) is 39.5 Å². The third-order valence-electron chi connectivity index (χ3n) is 3.41. The number of carbonyl (C=O) groups is 1. The van der Waals surface area contributed by atoms with Crippen molar-refractivity contribution in [3.05, 3.63) is 29.3 Å². The maximum atomic E-state index is 11.8. The molecule has 0 atom stereocenters. The Morgan fingerprint density at radius 2 is 1.74 bits per heavy atom. The van der Waals surface area contributed by atoms with Crippen molar-refractivity contribution in [2.75, 3.05) is 31.6 Å². The molecule has 0 aliphatic rings. The number of carbonyl (C=O) groups excluding carboxylic acids is 1. The Hall–Kier alpha value is -0.970. The van der Waals surface area contributed by atoms with E-state index in [4.69, 9.17) is 16.3 Å². The second-order valence-corrected chi connectivity index (χ2v) is 5.70. The fourth-order valence-corrected chi connectivity index (χ4v) is 2.26. The number of ether oxygens (including phenoxy) is 1. The van der Waals surface area contributed by atoms with Crippen LogP contribution in [-0.4, -0.2) is 37.2 Å². The number of nitrogens with one attached hydrogen (secondary N) is 1. The van der Waals surface area contributed by atoms with Crippen molar-refractivity contribution in [1.29, 1.82) is 0 Å². The first kappa shape index (κ1) is 22.0. The molecule has 132 valence electrons. The number of para-hydroxylation sites is 1. The summed E-state index contributed by atoms with van der Waals surface area (Å²) in [7, 11) is 0. The van der Waals surface area contributed by atoms with Crippen LogP contribution in [0.4, 0.5) is 10.5 Å². The quantitative estimate of drug-likeness (QED) is 0.620. The Kier molecular flexibility index (Phi) is 12.9. The summed E-state index contributed by atoms with van der Waals surface area (Å²) in [5, 5.41) is 3.17. The van der Waals surface area contributed by atoms with Crippen LogP contribution in [0, 0.1) is 0 Å². The van der Waals surface area contributed by atoms with Crippen molar-refractivity contribution in [1.82, 2.24) is 4.90 Å². The van der Waals surface area contributed by atoms with Gasteiger partial charge in [0.15, 0.2) is 0 Å². The van der Waals surface area contributed by atoms with Crippen molar-refractivity contribution in [3.63, 3.8) is 0 Å². The summed E-state index contributed by atoms with van der Waals surface area (Å²) in [5.41, 5.74) is 0.572. The second-order valence-electron chi connectivity index (χ2n) is 5.29. The maximum Gasteiger partial charge on any atom is 0.411 e. The SMILES string of the molecule is CCCCN(CCCC)CCOC(=O)Nc1ccccc1Cl.Cl. The lowest BCUT2D eigenvalue weighted by Crippen LogP contribution is -2.31. The van der Waals surface area contributed by atoms with Gasteiger partial charge in [0.05, 0.1) is 10.7 Å². The normalized spacial score (nSPS) is 10.3. The van der Waals surface area contributed by atoms with Gasteiger partial charge < -0.3 is 4.74 Å². The van der Waals surface area contributed by atoms with E-state index in [-0.39, 0.29) is 12.4 Å². The van der Waals surface area contributed by atoms with E-state index in [1.54, 1.807) is 12.1 Å². The summed E-state index contributed by atoms with van der Waals surface area (Å²) in [6.45, 7) is 7.66. The molecule has 1 rings (SSSR count). The zero-order valence-corrected chi connectivity index (χ0v) is 15.6. The average molecular weight is 363 g/mol. The van der Waals surface area contributed by atoms with Crippen LogP contribution in [0.15, 0.2) is 24.3 Å². The van der Waals surface area contributed by atoms with Crippen LogP contribution < -0.4 is 5.32 Å². The van der Waals surface area contributed by atoms with E-state index in [2.05, 4.69) is 24.1 Å². The highest BCUT2D eigenvalue weighted by Gasteiger charge is 2.08. The lowest BCUT2D eigenvalue weighted by atomic mass is 10.2. The minimum absolute atomic E-state index is 0. The number of hydrogen-bond donors (Lipinski definition) is 1. The molecule has 0 fully saturated rings. The number of rotatable bonds is 10. The Labute approximate surface area is 150 Å². The summed E-state index contributed by atoms with van der Waals surface area (Å²) in [4.78, 5) is 14.1. The standard InChI is InChI=1S/C17H27ClN2O2.ClH/c1-3-5-11-20(12-6-4-2)13-14-22-17(21)19-16-10-8-7-9-15(16)18;/h7-10H,3-6,11-14H2,1-2H3,(H,19,21);1H. The Balaban J connectivity index is 0.00000484. The molecule has 0 radical (unpaired) electrons. The Morgan fingerprint density at radius 1 is 1.13 bits per heavy atom. The first-order valence-electron chi connectivity index (χ1n) is 8.08. The molecule has 1 aromatic carbocycles. The number of unbranched alkanes of at least 4 members (excludes halogenated alkanes) is 2. The van der Waals surface area contributed by atoms with Crippen LogP contribution >= 0.6 is 24.0 Å². The third-order valence-corrected chi connectivity index (χ3v) is 3.74. The topological polar surface area (TPSA) is 41.6 Å². The van der Waals surface area contributed by atoms with Gasteiger partial charge in [-0.1, -0.05) is 50.4 Å². The number of hydrogen-bond acceptors (Lipinski definition) is 3. The van der Waals surface area contributed by atoms with Gasteiger partial charge in [-0.3, -0.25) is 10.2 Å². The number of anilines is 1. The summed E-state index contributed by atoms with van der Waals surface area (Å²) in [5.74, 6) is 0. The van der Waals surface area contributed by atoms with E-state index in [1.807, 2.05) is 12.1 Å². The molecule has 6 heteroatoms. The smallest absolute Gasteiger partial charge is 0.411 e. The van der Waals surface area contributed by atoms with Gasteiger partial charge in [0.25, 0.3) is 0 Å². The van der Waals surface area contributed by atoms with Gasteiger partial charge in [-0.25, -0.2) is 4.79 Å². The fourth-order valence-electron chi connectivity index (χ4n) is 2.07. The van der Waals surface area contributed by atoms with Crippen LogP contribution in [0.3, 0.4) is 0 Å². The van der Waals surface area contributed by atoms with E-state index in [1.165, 1.54) is 25.7 Å². The van der Waals surface area contributed by atoms with Crippen molar-refractivity contribution in [3.8, 4) is 0 Å². The minimum atomic E-state index is -0.459. The van der Waals surface area contributed by atoms with Crippen LogP contribution in [0.5, 0.6) is 0 Å². The molecule has 0 saturated heterocycles. The summed E-state index contributed by atoms with van der Waals surface area (Å²) >= 11 is 5.99. The van der Waals surface area contributed by atoms with Gasteiger partial charge >= 0.3 is 6.09 Å². The van der Waals surface area contributed by atoms with Gasteiger partial charge in [-0.05, 0) is 38.1 Å². The highest BCUT2D eigenvalue weighted by atomic mass is 35.5. The lowest BCUT2D eigenvalue weighted by Gasteiger charge is -2.21. The van der Waals surface area contributed by atoms with Crippen LogP contribution in [0.2, 0.25) is 5.02 Å². The second kappa shape index (κ2) is 13.5. The van der Waals surface area contributed by atoms with Gasteiger partial charge in [0.1, 0.15) is 6.61 Å². The van der Waals surface area contributed by atoms with Crippen molar-refractivity contribution >= 4 is 35.8 Å². The molecule has 0 aliphatic carbocycles. The number of halogens is 2. The van der Waals surface area contributed by atoms with Crippen molar-refractivity contribution in [2.24, 2.45) is 0 Å². The highest BCUT2D eigenvalue weighted by molar-refractivity contribution is 6.33. The van der Waals surface area contributed by atoms with Crippen molar-refractivity contribution < 1.29 is 9.53 Å². The van der Waals surface area contributed by atoms with E-state index >= 15 is 0 Å². The predicted molar refractivity (Wildman–Crippen MR) is 99.9 cm³/mol. The third kappa shape index (κ3) is 9.69. The number of nitrogens with zero attached hydrogens (tertiary/aromatic N) is 1. The first-order valence-corrected chi connectivity index (χ1v) is 8.45. The Morgan fingerprint density at radius 3 is 2.30 bits per heavy atom. The molecule has 0 unspecified atom stereocenters. The van der Waals surface area contributed by atoms with E-state index in [9.17, 15) is 4.79 Å². The molecule has 0 saturated carbocycles. The Bertz CT molecular complexity index is 436. The molecule has 0 bridgehead atoms. The minimum Gasteiger partial charge on any atom is -0.448 e. The highest BCUT2D eigenvalue weighted by Crippen LogP contribution is 2.20. The molecule has 0 spiro atoms. The van der Waals surface area contributed by atoms with Gasteiger partial charge in [0.2, 0.25) is 0 Å². The van der Waals surface area contributed by atoms with Gasteiger partial charge in [0, 0.05) is 6.54 Å². The van der Waals surface area contributed by atoms with E-state index in [0.29, 0.717) is 17.3 Å². The van der Waals surface area contributed by atoms with Crippen molar-refractivity contribution in [2.45, 2.75) is 39.5 Å². The van der Waals surface area contributed by atoms with Gasteiger partial charge in [-0.15, -0.1) is 12.4 Å². The molecule has 1 aromatic rings. The van der Waals surface area contributed by atoms with Crippen LogP contribution in [-0.2, 0) is 4.74 Å². The molecule has 0 aliphatic heterocycles. The molecule has 23 heavy (non-hydrogen) atoms. The molecule has 4 nitrogen and oxygen atoms in total. The molecule has 0 heterocycles. The molecule has 1 amide bonds. The predicted octanol–water partition coefficient (Wildman–Crippen LogP) is 5.21. The monoisotopic (exact) mass is 362 g/mol. The lowest BCUT2D eigenvalue weighted by molar-refractivity contribution is 0.138. The summed E-state index contributed by atoms with van der Waals surface area (Å²) in [6.07, 6.45) is 4.25. The van der Waals surface area contributed by atoms with Gasteiger partial charge in [-0.2, -0.15) is 0 Å². The van der Waals surface area contributed by atoms with Crippen LogP contribution in [0.25, 0.3) is 0 Å². The largest absolute Gasteiger partial charge is 0.448 e. The maximum absolute atomic E-state index is 11.8. The van der Waals surface area contributed by atoms with E-state index in [0.717, 1.165) is 19.6 Å². The summed E-state index contributed by atoms with van der Waals surface area (Å²) in [6, 6.07) is 7.11. The molecular formula is C17H28Cl2N2O2.